The Labute approximate surface area is 189 Å². The van der Waals surface area contributed by atoms with Gasteiger partial charge in [0.15, 0.2) is 5.96 Å². The number of aromatic nitrogens is 1. The molecule has 6 nitrogen and oxygen atoms in total. The summed E-state index contributed by atoms with van der Waals surface area (Å²) in [6.07, 6.45) is 2.76. The molecule has 1 aromatic heterocycles. The Morgan fingerprint density at radius 1 is 1.31 bits per heavy atom. The van der Waals surface area contributed by atoms with Crippen LogP contribution < -0.4 is 10.6 Å². The second-order valence-electron chi connectivity index (χ2n) is 7.42. The van der Waals surface area contributed by atoms with Gasteiger partial charge in [0.25, 0.3) is 0 Å². The molecule has 162 valence electrons. The Kier molecular flexibility index (Phi) is 10.2. The van der Waals surface area contributed by atoms with E-state index in [1.165, 1.54) is 6.07 Å². The molecule has 1 saturated heterocycles. The minimum atomic E-state index is -0.203. The van der Waals surface area contributed by atoms with Gasteiger partial charge in [-0.25, -0.2) is 4.39 Å². The molecule has 8 heteroatoms. The molecule has 1 aromatic carbocycles. The average Bonchev–Trinajstić information content (AvgIpc) is 3.09. The monoisotopic (exact) mass is 517 g/mol. The predicted octanol–water partition coefficient (Wildman–Crippen LogP) is 2.99. The molecule has 2 heterocycles. The van der Waals surface area contributed by atoms with Crippen molar-refractivity contribution in [1.82, 2.24) is 20.5 Å². The Morgan fingerprint density at radius 2 is 2.10 bits per heavy atom. The van der Waals surface area contributed by atoms with E-state index in [1.807, 2.05) is 6.20 Å². The predicted molar refractivity (Wildman–Crippen MR) is 128 cm³/mol. The highest BCUT2D eigenvalue weighted by molar-refractivity contribution is 14.0. The number of fused-ring (bicyclic) bond motifs is 1. The van der Waals surface area contributed by atoms with E-state index < -0.39 is 0 Å². The Bertz CT molecular complexity index is 776. The molecule has 0 amide bonds. The normalized spacial score (nSPS) is 16.4. The molecule has 0 spiro atoms. The van der Waals surface area contributed by atoms with Crippen LogP contribution in [0.4, 0.5) is 4.39 Å². The molecule has 1 fully saturated rings. The molecule has 0 aliphatic carbocycles. The van der Waals surface area contributed by atoms with E-state index in [1.54, 1.807) is 12.1 Å². The molecular formula is C21H33FIN5O. The highest BCUT2D eigenvalue weighted by atomic mass is 127. The number of nitrogens with zero attached hydrogens (tertiary/aromatic N) is 2. The van der Waals surface area contributed by atoms with Gasteiger partial charge in [-0.2, -0.15) is 0 Å². The summed E-state index contributed by atoms with van der Waals surface area (Å²) in [7, 11) is 0. The Morgan fingerprint density at radius 3 is 2.86 bits per heavy atom. The van der Waals surface area contributed by atoms with Gasteiger partial charge in [0, 0.05) is 56.4 Å². The van der Waals surface area contributed by atoms with Gasteiger partial charge in [-0.1, -0.05) is 6.92 Å². The quantitative estimate of drug-likeness (QED) is 0.286. The third-order valence-electron chi connectivity index (χ3n) is 5.00. The van der Waals surface area contributed by atoms with E-state index in [4.69, 9.17) is 9.73 Å². The van der Waals surface area contributed by atoms with Crippen molar-refractivity contribution in [2.75, 3.05) is 52.5 Å². The van der Waals surface area contributed by atoms with Crippen LogP contribution in [-0.2, 0) is 11.2 Å². The number of hydrogen-bond donors (Lipinski definition) is 3. The molecule has 0 radical (unpaired) electrons. The maximum Gasteiger partial charge on any atom is 0.191 e. The fourth-order valence-electron chi connectivity index (χ4n) is 3.54. The summed E-state index contributed by atoms with van der Waals surface area (Å²) in [6, 6.07) is 4.85. The molecular weight excluding hydrogens is 484 g/mol. The summed E-state index contributed by atoms with van der Waals surface area (Å²) >= 11 is 0. The van der Waals surface area contributed by atoms with Crippen molar-refractivity contribution < 1.29 is 9.13 Å². The Hall–Kier alpha value is -1.39. The lowest BCUT2D eigenvalue weighted by atomic mass is 10.1. The zero-order chi connectivity index (χ0) is 19.8. The summed E-state index contributed by atoms with van der Waals surface area (Å²) in [5.74, 6) is 1.12. The first-order valence-corrected chi connectivity index (χ1v) is 10.2. The largest absolute Gasteiger partial charge is 0.379 e. The second-order valence-corrected chi connectivity index (χ2v) is 7.42. The van der Waals surface area contributed by atoms with E-state index in [9.17, 15) is 4.39 Å². The number of aliphatic imine (C=N–C) groups is 1. The molecule has 0 bridgehead atoms. The summed E-state index contributed by atoms with van der Waals surface area (Å²) in [5.41, 5.74) is 2.08. The first kappa shape index (κ1) is 23.9. The molecule has 1 unspecified atom stereocenters. The minimum Gasteiger partial charge on any atom is -0.379 e. The van der Waals surface area contributed by atoms with Crippen LogP contribution in [-0.4, -0.2) is 68.3 Å². The van der Waals surface area contributed by atoms with Gasteiger partial charge in [0.2, 0.25) is 0 Å². The van der Waals surface area contributed by atoms with Crippen LogP contribution in [0.15, 0.2) is 29.4 Å². The molecule has 2 aromatic rings. The van der Waals surface area contributed by atoms with E-state index in [0.717, 1.165) is 81.3 Å². The van der Waals surface area contributed by atoms with Gasteiger partial charge in [-0.15, -0.1) is 24.0 Å². The number of halogens is 2. The van der Waals surface area contributed by atoms with Crippen LogP contribution in [0.3, 0.4) is 0 Å². The van der Waals surface area contributed by atoms with Crippen molar-refractivity contribution in [3.05, 3.63) is 35.8 Å². The lowest BCUT2D eigenvalue weighted by Crippen LogP contribution is -2.40. The third-order valence-corrected chi connectivity index (χ3v) is 5.00. The number of guanidine groups is 1. The number of hydrogen-bond acceptors (Lipinski definition) is 3. The van der Waals surface area contributed by atoms with Crippen LogP contribution in [0.1, 0.15) is 19.4 Å². The van der Waals surface area contributed by atoms with Gasteiger partial charge < -0.3 is 20.4 Å². The van der Waals surface area contributed by atoms with Crippen molar-refractivity contribution in [1.29, 1.82) is 0 Å². The van der Waals surface area contributed by atoms with Crippen molar-refractivity contribution in [3.8, 4) is 0 Å². The maximum atomic E-state index is 13.5. The first-order valence-electron chi connectivity index (χ1n) is 10.2. The molecule has 1 aliphatic rings. The van der Waals surface area contributed by atoms with Crippen molar-refractivity contribution >= 4 is 40.8 Å². The van der Waals surface area contributed by atoms with E-state index in [-0.39, 0.29) is 29.8 Å². The fraction of sp³-hybridized carbons (Fsp3) is 0.571. The molecule has 0 saturated carbocycles. The van der Waals surface area contributed by atoms with Gasteiger partial charge in [-0.05, 0) is 43.0 Å². The van der Waals surface area contributed by atoms with Gasteiger partial charge in [-0.3, -0.25) is 9.89 Å². The van der Waals surface area contributed by atoms with E-state index in [0.29, 0.717) is 5.92 Å². The van der Waals surface area contributed by atoms with Crippen LogP contribution in [0, 0.1) is 11.7 Å². The second kappa shape index (κ2) is 12.3. The van der Waals surface area contributed by atoms with Crippen molar-refractivity contribution in [2.45, 2.75) is 20.3 Å². The molecule has 3 N–H and O–H groups in total. The number of morpholine rings is 1. The number of rotatable bonds is 8. The molecule has 29 heavy (non-hydrogen) atoms. The topological polar surface area (TPSA) is 64.7 Å². The number of nitrogens with one attached hydrogen (secondary N) is 3. The minimum absolute atomic E-state index is 0. The van der Waals surface area contributed by atoms with Crippen LogP contribution in [0.2, 0.25) is 0 Å². The summed E-state index contributed by atoms with van der Waals surface area (Å²) in [4.78, 5) is 10.4. The lowest BCUT2D eigenvalue weighted by molar-refractivity contribution is 0.0323. The highest BCUT2D eigenvalue weighted by Gasteiger charge is 2.13. The number of H-pyrrole nitrogens is 1. The van der Waals surface area contributed by atoms with Crippen LogP contribution in [0.5, 0.6) is 0 Å². The van der Waals surface area contributed by atoms with Gasteiger partial charge in [0.05, 0.1) is 13.2 Å². The molecule has 3 rings (SSSR count). The third kappa shape index (κ3) is 7.42. The highest BCUT2D eigenvalue weighted by Crippen LogP contribution is 2.19. The summed E-state index contributed by atoms with van der Waals surface area (Å²) in [5, 5.41) is 7.65. The zero-order valence-electron chi connectivity index (χ0n) is 17.3. The maximum absolute atomic E-state index is 13.5. The smallest absolute Gasteiger partial charge is 0.191 e. The fourth-order valence-corrected chi connectivity index (χ4v) is 3.54. The van der Waals surface area contributed by atoms with Gasteiger partial charge >= 0.3 is 0 Å². The number of aromatic amines is 1. The van der Waals surface area contributed by atoms with Crippen LogP contribution >= 0.6 is 24.0 Å². The average molecular weight is 517 g/mol. The lowest BCUT2D eigenvalue weighted by Gasteiger charge is -2.28. The van der Waals surface area contributed by atoms with E-state index >= 15 is 0 Å². The summed E-state index contributed by atoms with van der Waals surface area (Å²) in [6.45, 7) is 11.4. The van der Waals surface area contributed by atoms with Gasteiger partial charge in [0.1, 0.15) is 5.82 Å². The molecule has 1 aliphatic heterocycles. The molecule has 1 atom stereocenters. The van der Waals surface area contributed by atoms with Crippen molar-refractivity contribution in [2.24, 2.45) is 10.9 Å². The SMILES string of the molecule is CCNC(=NCC(C)CN1CCOCC1)NCCc1c[nH]c2ccc(F)cc12.I. The van der Waals surface area contributed by atoms with Crippen molar-refractivity contribution in [3.63, 3.8) is 0 Å². The standard InChI is InChI=1S/C21H32FN5O.HI/c1-3-23-21(26-13-16(2)15-27-8-10-28-11-9-27)24-7-6-17-14-25-20-5-4-18(22)12-19(17)20;/h4-5,12,14,16,25H,3,6-11,13,15H2,1-2H3,(H2,23,24,26);1H. The van der Waals surface area contributed by atoms with E-state index in [2.05, 4.69) is 34.4 Å². The number of benzene rings is 1. The summed E-state index contributed by atoms with van der Waals surface area (Å²) < 4.78 is 18.9. The Balaban J connectivity index is 0.00000300. The first-order chi connectivity index (χ1) is 13.7. The van der Waals surface area contributed by atoms with Crippen LogP contribution in [0.25, 0.3) is 10.9 Å². The number of ether oxygens (including phenoxy) is 1. The zero-order valence-corrected chi connectivity index (χ0v) is 19.7.